The van der Waals surface area contributed by atoms with Gasteiger partial charge in [-0.1, -0.05) is 56.1 Å². The molecule has 0 aromatic heterocycles. The van der Waals surface area contributed by atoms with Crippen LogP contribution >= 0.6 is 31.9 Å². The Bertz CT molecular complexity index is 704. The minimum absolute atomic E-state index is 0.203. The molecule has 1 unspecified atom stereocenters. The van der Waals surface area contributed by atoms with Crippen molar-refractivity contribution in [2.45, 2.75) is 12.8 Å². The molecule has 0 heterocycles. The average Bonchev–Trinajstić information content (AvgIpc) is 2.41. The minimum Gasteiger partial charge on any atom is -0.292 e. The predicted molar refractivity (Wildman–Crippen MR) is 85.7 cm³/mol. The molecule has 0 aliphatic carbocycles. The van der Waals surface area contributed by atoms with Crippen LogP contribution in [0.15, 0.2) is 51.4 Å². The molecule has 0 saturated heterocycles. The maximum atomic E-state index is 12.6. The molecule has 0 saturated carbocycles. The summed E-state index contributed by atoms with van der Waals surface area (Å²) in [5, 5.41) is 9.37. The van der Waals surface area contributed by atoms with E-state index in [9.17, 15) is 10.1 Å². The van der Waals surface area contributed by atoms with Crippen molar-refractivity contribution in [3.8, 4) is 6.07 Å². The molecule has 2 aromatic rings. The van der Waals surface area contributed by atoms with Gasteiger partial charge in [-0.3, -0.25) is 4.79 Å². The standard InChI is InChI=1S/C16H11Br2NO/c1-10-6-7-12(15(18)8-10)16(20)13(9-19)11-4-2-3-5-14(11)17/h2-8,13H,1H3. The lowest BCUT2D eigenvalue weighted by Gasteiger charge is -2.12. The first kappa shape index (κ1) is 15.0. The van der Waals surface area contributed by atoms with Gasteiger partial charge in [0, 0.05) is 14.5 Å². The zero-order valence-electron chi connectivity index (χ0n) is 10.7. The number of carbonyl (C=O) groups is 1. The van der Waals surface area contributed by atoms with E-state index in [1.165, 1.54) is 0 Å². The molecule has 0 fully saturated rings. The van der Waals surface area contributed by atoms with E-state index >= 15 is 0 Å². The number of Topliss-reactive ketones (excluding diaryl/α,β-unsaturated/α-hetero) is 1. The number of benzene rings is 2. The van der Waals surface area contributed by atoms with Crippen LogP contribution in [0.4, 0.5) is 0 Å². The van der Waals surface area contributed by atoms with Crippen molar-refractivity contribution in [1.29, 1.82) is 5.26 Å². The third-order valence-electron chi connectivity index (χ3n) is 3.00. The number of rotatable bonds is 3. The van der Waals surface area contributed by atoms with Crippen LogP contribution in [0.1, 0.15) is 27.4 Å². The monoisotopic (exact) mass is 391 g/mol. The summed E-state index contributed by atoms with van der Waals surface area (Å²) in [7, 11) is 0. The molecule has 0 aliphatic heterocycles. The molecule has 0 amide bonds. The van der Waals surface area contributed by atoms with Crippen molar-refractivity contribution < 1.29 is 4.79 Å². The number of hydrogen-bond donors (Lipinski definition) is 0. The van der Waals surface area contributed by atoms with E-state index in [1.54, 1.807) is 12.1 Å². The highest BCUT2D eigenvalue weighted by Gasteiger charge is 2.25. The summed E-state index contributed by atoms with van der Waals surface area (Å²) in [6, 6.07) is 14.9. The smallest absolute Gasteiger partial charge is 0.185 e. The Morgan fingerprint density at radius 2 is 1.85 bits per heavy atom. The fourth-order valence-corrected chi connectivity index (χ4v) is 3.16. The summed E-state index contributed by atoms with van der Waals surface area (Å²) in [6.07, 6.45) is 0. The molecule has 4 heteroatoms. The quantitative estimate of drug-likeness (QED) is 0.688. The van der Waals surface area contributed by atoms with Crippen LogP contribution in [0.3, 0.4) is 0 Å². The largest absolute Gasteiger partial charge is 0.292 e. The van der Waals surface area contributed by atoms with Crippen LogP contribution < -0.4 is 0 Å². The van der Waals surface area contributed by atoms with Gasteiger partial charge in [-0.15, -0.1) is 0 Å². The summed E-state index contributed by atoms with van der Waals surface area (Å²) < 4.78 is 1.48. The van der Waals surface area contributed by atoms with Gasteiger partial charge in [0.05, 0.1) is 6.07 Å². The van der Waals surface area contributed by atoms with E-state index in [-0.39, 0.29) is 5.78 Å². The Hall–Kier alpha value is -1.44. The molecule has 2 rings (SSSR count). The van der Waals surface area contributed by atoms with Gasteiger partial charge in [0.2, 0.25) is 0 Å². The third-order valence-corrected chi connectivity index (χ3v) is 4.38. The van der Waals surface area contributed by atoms with Crippen molar-refractivity contribution in [2.75, 3.05) is 0 Å². The molecule has 1 atom stereocenters. The Balaban J connectivity index is 2.45. The fraction of sp³-hybridized carbons (Fsp3) is 0.125. The zero-order valence-corrected chi connectivity index (χ0v) is 13.9. The predicted octanol–water partition coefficient (Wildman–Crippen LogP) is 5.01. The Morgan fingerprint density at radius 3 is 2.45 bits per heavy atom. The maximum absolute atomic E-state index is 12.6. The van der Waals surface area contributed by atoms with Gasteiger partial charge in [-0.2, -0.15) is 5.26 Å². The number of aryl methyl sites for hydroxylation is 1. The minimum atomic E-state index is -0.815. The fourth-order valence-electron chi connectivity index (χ4n) is 1.95. The summed E-state index contributed by atoms with van der Waals surface area (Å²) >= 11 is 6.79. The van der Waals surface area contributed by atoms with Crippen LogP contribution in [0.2, 0.25) is 0 Å². The van der Waals surface area contributed by atoms with Gasteiger partial charge in [-0.05, 0) is 36.2 Å². The summed E-state index contributed by atoms with van der Waals surface area (Å²) in [5.41, 5.74) is 2.27. The van der Waals surface area contributed by atoms with Crippen LogP contribution in [0.25, 0.3) is 0 Å². The highest BCUT2D eigenvalue weighted by atomic mass is 79.9. The van der Waals surface area contributed by atoms with Gasteiger partial charge in [0.15, 0.2) is 5.78 Å². The first-order valence-corrected chi connectivity index (χ1v) is 7.57. The van der Waals surface area contributed by atoms with Crippen LogP contribution in [0, 0.1) is 18.3 Å². The number of nitrogens with zero attached hydrogens (tertiary/aromatic N) is 1. The Kier molecular flexibility index (Phi) is 4.74. The lowest BCUT2D eigenvalue weighted by Crippen LogP contribution is -2.12. The second-order valence-electron chi connectivity index (χ2n) is 4.43. The van der Waals surface area contributed by atoms with Gasteiger partial charge in [0.1, 0.15) is 5.92 Å². The van der Waals surface area contributed by atoms with Crippen molar-refractivity contribution >= 4 is 37.6 Å². The van der Waals surface area contributed by atoms with E-state index in [2.05, 4.69) is 37.9 Å². The molecule has 100 valence electrons. The summed E-state index contributed by atoms with van der Waals surface area (Å²) in [5.74, 6) is -1.02. The summed E-state index contributed by atoms with van der Waals surface area (Å²) in [4.78, 5) is 12.6. The van der Waals surface area contributed by atoms with E-state index in [0.29, 0.717) is 11.1 Å². The van der Waals surface area contributed by atoms with Gasteiger partial charge in [-0.25, -0.2) is 0 Å². The second kappa shape index (κ2) is 6.34. The molecular weight excluding hydrogens is 382 g/mol. The lowest BCUT2D eigenvalue weighted by atomic mass is 9.91. The van der Waals surface area contributed by atoms with Crippen LogP contribution in [-0.4, -0.2) is 5.78 Å². The molecule has 0 N–H and O–H groups in total. The number of nitriles is 1. The van der Waals surface area contributed by atoms with E-state index in [1.807, 2.05) is 37.3 Å². The third kappa shape index (κ3) is 3.00. The highest BCUT2D eigenvalue weighted by molar-refractivity contribution is 9.10. The van der Waals surface area contributed by atoms with Crippen molar-refractivity contribution in [2.24, 2.45) is 0 Å². The molecule has 0 bridgehead atoms. The van der Waals surface area contributed by atoms with Crippen molar-refractivity contribution in [1.82, 2.24) is 0 Å². The number of hydrogen-bond acceptors (Lipinski definition) is 2. The van der Waals surface area contributed by atoms with E-state index in [0.717, 1.165) is 14.5 Å². The lowest BCUT2D eigenvalue weighted by molar-refractivity contribution is 0.0978. The first-order valence-electron chi connectivity index (χ1n) is 5.99. The normalized spacial score (nSPS) is 11.7. The van der Waals surface area contributed by atoms with E-state index in [4.69, 9.17) is 0 Å². The molecule has 20 heavy (non-hydrogen) atoms. The SMILES string of the molecule is Cc1ccc(C(=O)C(C#N)c2ccccc2Br)c(Br)c1. The molecule has 2 nitrogen and oxygen atoms in total. The second-order valence-corrected chi connectivity index (χ2v) is 6.14. The van der Waals surface area contributed by atoms with Crippen LogP contribution in [-0.2, 0) is 0 Å². The average molecular weight is 393 g/mol. The van der Waals surface area contributed by atoms with Gasteiger partial charge >= 0.3 is 0 Å². The molecule has 0 aliphatic rings. The van der Waals surface area contributed by atoms with Crippen molar-refractivity contribution in [3.63, 3.8) is 0 Å². The molecule has 0 radical (unpaired) electrons. The molecule has 2 aromatic carbocycles. The van der Waals surface area contributed by atoms with Crippen LogP contribution in [0.5, 0.6) is 0 Å². The molecular formula is C16H11Br2NO. The highest BCUT2D eigenvalue weighted by Crippen LogP contribution is 2.30. The summed E-state index contributed by atoms with van der Waals surface area (Å²) in [6.45, 7) is 1.95. The zero-order chi connectivity index (χ0) is 14.7. The number of ketones is 1. The van der Waals surface area contributed by atoms with E-state index < -0.39 is 5.92 Å². The van der Waals surface area contributed by atoms with Gasteiger partial charge < -0.3 is 0 Å². The number of halogens is 2. The maximum Gasteiger partial charge on any atom is 0.185 e. The van der Waals surface area contributed by atoms with Crippen molar-refractivity contribution in [3.05, 3.63) is 68.1 Å². The first-order chi connectivity index (χ1) is 9.54. The van der Waals surface area contributed by atoms with Gasteiger partial charge in [0.25, 0.3) is 0 Å². The topological polar surface area (TPSA) is 40.9 Å². The molecule has 0 spiro atoms. The Labute approximate surface area is 134 Å². The number of carbonyl (C=O) groups excluding carboxylic acids is 1. The Morgan fingerprint density at radius 1 is 1.15 bits per heavy atom.